The lowest BCUT2D eigenvalue weighted by molar-refractivity contribution is 0.415. The van der Waals surface area contributed by atoms with Gasteiger partial charge in [0.1, 0.15) is 10.8 Å². The largest absolute Gasteiger partial charge is 0.495 e. The van der Waals surface area contributed by atoms with Crippen molar-refractivity contribution in [3.8, 4) is 5.75 Å². The number of hydrogen-bond donors (Lipinski definition) is 0. The second-order valence-electron chi connectivity index (χ2n) is 2.54. The summed E-state index contributed by atoms with van der Waals surface area (Å²) < 4.78 is 7.45. The molecule has 2 rings (SSSR count). The molecule has 13 heavy (non-hydrogen) atoms. The van der Waals surface area contributed by atoms with Gasteiger partial charge >= 0.3 is 0 Å². The maximum atomic E-state index is 6.14. The molecule has 0 spiro atoms. The van der Waals surface area contributed by atoms with Crippen LogP contribution in [-0.4, -0.2) is 7.11 Å². The van der Waals surface area contributed by atoms with Crippen molar-refractivity contribution in [2.75, 3.05) is 7.11 Å². The van der Waals surface area contributed by atoms with Crippen LogP contribution in [0.3, 0.4) is 0 Å². The Morgan fingerprint density at radius 3 is 3.00 bits per heavy atom. The van der Waals surface area contributed by atoms with Gasteiger partial charge in [-0.15, -0.1) is 11.3 Å². The summed E-state index contributed by atoms with van der Waals surface area (Å²) in [6.45, 7) is 0. The molecule has 0 N–H and O–H groups in total. The number of halogens is 2. The number of methoxy groups -OCH3 is 1. The van der Waals surface area contributed by atoms with Gasteiger partial charge in [0.2, 0.25) is 0 Å². The van der Waals surface area contributed by atoms with Gasteiger partial charge < -0.3 is 4.74 Å². The molecule has 0 aliphatic rings. The fraction of sp³-hybridized carbons (Fsp3) is 0.111. The standard InChI is InChI=1S/C9H6ClIOS/c1-12-7-4-6(11)5-2-3-13-9(5)8(7)10/h2-4H,1H3. The summed E-state index contributed by atoms with van der Waals surface area (Å²) >= 11 is 10.1. The molecule has 1 aromatic heterocycles. The monoisotopic (exact) mass is 324 g/mol. The third-order valence-electron chi connectivity index (χ3n) is 1.82. The lowest BCUT2D eigenvalue weighted by Gasteiger charge is -2.04. The number of rotatable bonds is 1. The van der Waals surface area contributed by atoms with E-state index in [1.54, 1.807) is 18.4 Å². The molecule has 2 aromatic rings. The van der Waals surface area contributed by atoms with Crippen molar-refractivity contribution in [2.24, 2.45) is 0 Å². The molecule has 0 aliphatic heterocycles. The molecule has 0 amide bonds. The third kappa shape index (κ3) is 1.53. The average molecular weight is 325 g/mol. The minimum atomic E-state index is 0.716. The molecule has 0 saturated carbocycles. The number of benzene rings is 1. The Kier molecular flexibility index (Phi) is 2.67. The number of ether oxygens (including phenoxy) is 1. The molecular weight excluding hydrogens is 319 g/mol. The van der Waals surface area contributed by atoms with Crippen molar-refractivity contribution in [3.63, 3.8) is 0 Å². The van der Waals surface area contributed by atoms with Gasteiger partial charge in [-0.25, -0.2) is 0 Å². The number of hydrogen-bond acceptors (Lipinski definition) is 2. The first-order valence-corrected chi connectivity index (χ1v) is 5.97. The minimum absolute atomic E-state index is 0.716. The van der Waals surface area contributed by atoms with E-state index in [9.17, 15) is 0 Å². The maximum absolute atomic E-state index is 6.14. The summed E-state index contributed by atoms with van der Waals surface area (Å²) in [6.07, 6.45) is 0. The van der Waals surface area contributed by atoms with E-state index in [-0.39, 0.29) is 0 Å². The zero-order valence-corrected chi connectivity index (χ0v) is 10.5. The molecule has 0 radical (unpaired) electrons. The molecule has 4 heteroatoms. The molecule has 1 aromatic carbocycles. The van der Waals surface area contributed by atoms with Gasteiger partial charge in [-0.3, -0.25) is 0 Å². The Morgan fingerprint density at radius 2 is 2.31 bits per heavy atom. The molecule has 0 bridgehead atoms. The van der Waals surface area contributed by atoms with Gasteiger partial charge in [-0.05, 0) is 40.1 Å². The number of thiophene rings is 1. The third-order valence-corrected chi connectivity index (χ3v) is 4.13. The smallest absolute Gasteiger partial charge is 0.139 e. The van der Waals surface area contributed by atoms with Gasteiger partial charge in [-0.1, -0.05) is 11.6 Å². The summed E-state index contributed by atoms with van der Waals surface area (Å²) in [6, 6.07) is 4.03. The van der Waals surface area contributed by atoms with Gasteiger partial charge in [0.25, 0.3) is 0 Å². The SMILES string of the molecule is COc1cc(I)c2ccsc2c1Cl. The molecule has 0 unspecified atom stereocenters. The van der Waals surface area contributed by atoms with E-state index in [1.165, 1.54) is 8.96 Å². The lowest BCUT2D eigenvalue weighted by atomic mass is 10.2. The van der Waals surface area contributed by atoms with Crippen LogP contribution in [0.1, 0.15) is 0 Å². The fourth-order valence-electron chi connectivity index (χ4n) is 1.18. The molecule has 1 heterocycles. The van der Waals surface area contributed by atoms with Crippen LogP contribution in [-0.2, 0) is 0 Å². The maximum Gasteiger partial charge on any atom is 0.139 e. The van der Waals surface area contributed by atoms with Crippen LogP contribution in [0.15, 0.2) is 17.5 Å². The fourth-order valence-corrected chi connectivity index (χ4v) is 3.32. The summed E-state index contributed by atoms with van der Waals surface area (Å²) in [5.74, 6) is 0.751. The highest BCUT2D eigenvalue weighted by Crippen LogP contribution is 2.38. The molecule has 0 atom stereocenters. The van der Waals surface area contributed by atoms with E-state index in [0.29, 0.717) is 5.02 Å². The first-order chi connectivity index (χ1) is 6.24. The lowest BCUT2D eigenvalue weighted by Crippen LogP contribution is -1.85. The van der Waals surface area contributed by atoms with Crippen LogP contribution in [0.25, 0.3) is 10.1 Å². The van der Waals surface area contributed by atoms with Crippen molar-refractivity contribution in [3.05, 3.63) is 26.1 Å². The van der Waals surface area contributed by atoms with Gasteiger partial charge in [-0.2, -0.15) is 0 Å². The summed E-state index contributed by atoms with van der Waals surface area (Å²) in [5.41, 5.74) is 0. The predicted molar refractivity (Wildman–Crippen MR) is 66.1 cm³/mol. The number of fused-ring (bicyclic) bond motifs is 1. The summed E-state index contributed by atoms with van der Waals surface area (Å²) in [7, 11) is 1.64. The predicted octanol–water partition coefficient (Wildman–Crippen LogP) is 4.17. The van der Waals surface area contributed by atoms with Crippen molar-refractivity contribution >= 4 is 55.6 Å². The molecular formula is C9H6ClIOS. The Bertz CT molecular complexity index is 452. The topological polar surface area (TPSA) is 9.23 Å². The second kappa shape index (κ2) is 3.63. The molecule has 68 valence electrons. The summed E-state index contributed by atoms with van der Waals surface area (Å²) in [4.78, 5) is 0. The van der Waals surface area contributed by atoms with Crippen molar-refractivity contribution in [1.29, 1.82) is 0 Å². The van der Waals surface area contributed by atoms with E-state index in [2.05, 4.69) is 28.7 Å². The molecule has 0 fully saturated rings. The highest BCUT2D eigenvalue weighted by molar-refractivity contribution is 14.1. The Hall–Kier alpha value is -0.000000000000000167. The molecule has 0 aliphatic carbocycles. The Morgan fingerprint density at radius 1 is 1.54 bits per heavy atom. The first kappa shape index (κ1) is 9.55. The molecule has 1 nitrogen and oxygen atoms in total. The molecule has 0 saturated heterocycles. The highest BCUT2D eigenvalue weighted by Gasteiger charge is 2.10. The van der Waals surface area contributed by atoms with E-state index in [4.69, 9.17) is 16.3 Å². The van der Waals surface area contributed by atoms with E-state index in [0.717, 1.165) is 10.4 Å². The Labute approximate surface area is 98.8 Å². The average Bonchev–Trinajstić information content (AvgIpc) is 2.60. The van der Waals surface area contributed by atoms with Gasteiger partial charge in [0.15, 0.2) is 0 Å². The highest BCUT2D eigenvalue weighted by atomic mass is 127. The zero-order chi connectivity index (χ0) is 9.42. The quantitative estimate of drug-likeness (QED) is 0.716. The zero-order valence-electron chi connectivity index (χ0n) is 6.80. The van der Waals surface area contributed by atoms with E-state index in [1.807, 2.05) is 11.4 Å². The van der Waals surface area contributed by atoms with Crippen LogP contribution in [0.5, 0.6) is 5.75 Å². The normalized spacial score (nSPS) is 10.7. The summed E-state index contributed by atoms with van der Waals surface area (Å²) in [5, 5.41) is 3.96. The Balaban J connectivity index is 2.85. The van der Waals surface area contributed by atoms with E-state index < -0.39 is 0 Å². The van der Waals surface area contributed by atoms with Crippen LogP contribution in [0.4, 0.5) is 0 Å². The van der Waals surface area contributed by atoms with Crippen molar-refractivity contribution in [2.45, 2.75) is 0 Å². The van der Waals surface area contributed by atoms with Crippen LogP contribution in [0.2, 0.25) is 5.02 Å². The van der Waals surface area contributed by atoms with Gasteiger partial charge in [0, 0.05) is 8.96 Å². The van der Waals surface area contributed by atoms with Crippen molar-refractivity contribution in [1.82, 2.24) is 0 Å². The first-order valence-electron chi connectivity index (χ1n) is 3.63. The second-order valence-corrected chi connectivity index (χ2v) is 4.99. The van der Waals surface area contributed by atoms with Crippen molar-refractivity contribution < 1.29 is 4.74 Å². The van der Waals surface area contributed by atoms with Crippen LogP contribution >= 0.6 is 45.5 Å². The van der Waals surface area contributed by atoms with Gasteiger partial charge in [0.05, 0.1) is 11.8 Å². The van der Waals surface area contributed by atoms with Crippen LogP contribution < -0.4 is 4.74 Å². The minimum Gasteiger partial charge on any atom is -0.495 e. The van der Waals surface area contributed by atoms with E-state index >= 15 is 0 Å². The van der Waals surface area contributed by atoms with Crippen LogP contribution in [0, 0.1) is 3.57 Å².